The van der Waals surface area contributed by atoms with Gasteiger partial charge in [0.25, 0.3) is 0 Å². The van der Waals surface area contributed by atoms with Crippen LogP contribution < -0.4 is 4.90 Å². The van der Waals surface area contributed by atoms with Crippen LogP contribution in [0.15, 0.2) is 18.3 Å². The fourth-order valence-corrected chi connectivity index (χ4v) is 0.922. The lowest BCUT2D eigenvalue weighted by molar-refractivity contribution is 0.0691. The summed E-state index contributed by atoms with van der Waals surface area (Å²) in [4.78, 5) is 16.1. The van der Waals surface area contributed by atoms with Gasteiger partial charge < -0.3 is 10.0 Å². The molecular formula is C8H12Cl2N2O2. The second-order valence-electron chi connectivity index (χ2n) is 2.57. The van der Waals surface area contributed by atoms with E-state index < -0.39 is 5.97 Å². The van der Waals surface area contributed by atoms with E-state index >= 15 is 0 Å². The summed E-state index contributed by atoms with van der Waals surface area (Å²) >= 11 is 0. The molecule has 1 N–H and O–H groups in total. The molecule has 1 rings (SSSR count). The molecule has 1 aromatic heterocycles. The molecular weight excluding hydrogens is 227 g/mol. The van der Waals surface area contributed by atoms with Gasteiger partial charge in [-0.25, -0.2) is 9.78 Å². The molecule has 0 amide bonds. The highest BCUT2D eigenvalue weighted by Crippen LogP contribution is 2.14. The fraction of sp³-hybridized carbons (Fsp3) is 0.250. The smallest absolute Gasteiger partial charge is 0.356 e. The zero-order valence-corrected chi connectivity index (χ0v) is 9.43. The highest BCUT2D eigenvalue weighted by Gasteiger charge is 2.11. The number of aromatic carboxylic acids is 1. The molecule has 80 valence electrons. The lowest BCUT2D eigenvalue weighted by Crippen LogP contribution is -2.14. The summed E-state index contributed by atoms with van der Waals surface area (Å²) in [6, 6.07) is 3.43. The van der Waals surface area contributed by atoms with Gasteiger partial charge in [-0.15, -0.1) is 24.8 Å². The molecule has 0 aliphatic heterocycles. The molecule has 0 aliphatic rings. The summed E-state index contributed by atoms with van der Waals surface area (Å²) in [5, 5.41) is 8.73. The maximum Gasteiger partial charge on any atom is 0.356 e. The van der Waals surface area contributed by atoms with E-state index in [4.69, 9.17) is 5.11 Å². The topological polar surface area (TPSA) is 53.4 Å². The molecule has 0 radical (unpaired) electrons. The van der Waals surface area contributed by atoms with Crippen LogP contribution in [0.25, 0.3) is 0 Å². The van der Waals surface area contributed by atoms with Crippen molar-refractivity contribution in [1.29, 1.82) is 0 Å². The lowest BCUT2D eigenvalue weighted by Gasteiger charge is -2.13. The normalized spacial score (nSPS) is 8.14. The Morgan fingerprint density at radius 2 is 2.00 bits per heavy atom. The number of nitrogens with zero attached hydrogens (tertiary/aromatic N) is 2. The Labute approximate surface area is 94.8 Å². The summed E-state index contributed by atoms with van der Waals surface area (Å²) in [5.41, 5.74) is 0.701. The summed E-state index contributed by atoms with van der Waals surface area (Å²) in [5.74, 6) is -1.00. The molecule has 0 saturated heterocycles. The predicted molar refractivity (Wildman–Crippen MR) is 60.0 cm³/mol. The summed E-state index contributed by atoms with van der Waals surface area (Å²) in [6.07, 6.45) is 1.47. The van der Waals surface area contributed by atoms with Crippen molar-refractivity contribution in [3.05, 3.63) is 24.0 Å². The van der Waals surface area contributed by atoms with Crippen LogP contribution in [0.3, 0.4) is 0 Å². The van der Waals surface area contributed by atoms with E-state index in [9.17, 15) is 4.79 Å². The van der Waals surface area contributed by atoms with E-state index in [1.54, 1.807) is 31.1 Å². The molecule has 0 unspecified atom stereocenters. The molecule has 14 heavy (non-hydrogen) atoms. The van der Waals surface area contributed by atoms with Crippen molar-refractivity contribution >= 4 is 36.5 Å². The first-order valence-corrected chi connectivity index (χ1v) is 3.48. The Hall–Kier alpha value is -1.00. The van der Waals surface area contributed by atoms with Crippen molar-refractivity contribution in [2.45, 2.75) is 0 Å². The molecule has 0 aliphatic carbocycles. The van der Waals surface area contributed by atoms with Gasteiger partial charge >= 0.3 is 5.97 Å². The van der Waals surface area contributed by atoms with Crippen LogP contribution in [-0.4, -0.2) is 30.2 Å². The van der Waals surface area contributed by atoms with Gasteiger partial charge in [0.15, 0.2) is 5.69 Å². The number of anilines is 1. The van der Waals surface area contributed by atoms with E-state index in [1.165, 1.54) is 6.20 Å². The fourth-order valence-electron chi connectivity index (χ4n) is 0.922. The monoisotopic (exact) mass is 238 g/mol. The summed E-state index contributed by atoms with van der Waals surface area (Å²) in [7, 11) is 3.56. The zero-order chi connectivity index (χ0) is 9.14. The number of rotatable bonds is 2. The van der Waals surface area contributed by atoms with Crippen molar-refractivity contribution in [1.82, 2.24) is 4.98 Å². The largest absolute Gasteiger partial charge is 0.476 e. The van der Waals surface area contributed by atoms with Crippen LogP contribution in [0, 0.1) is 0 Å². The number of carboxylic acids is 1. The third-order valence-electron chi connectivity index (χ3n) is 1.47. The number of carbonyl (C=O) groups is 1. The molecule has 1 aromatic rings. The third kappa shape index (κ3) is 3.40. The first kappa shape index (κ1) is 15.5. The Morgan fingerprint density at radius 3 is 2.36 bits per heavy atom. The molecule has 0 atom stereocenters. The van der Waals surface area contributed by atoms with Crippen LogP contribution in [0.1, 0.15) is 10.5 Å². The van der Waals surface area contributed by atoms with Gasteiger partial charge in [-0.1, -0.05) is 0 Å². The Kier molecular flexibility index (Phi) is 7.13. The van der Waals surface area contributed by atoms with Crippen molar-refractivity contribution in [2.24, 2.45) is 0 Å². The Bertz CT molecular complexity index is 305. The van der Waals surface area contributed by atoms with Gasteiger partial charge in [-0.3, -0.25) is 0 Å². The van der Waals surface area contributed by atoms with E-state index in [1.807, 2.05) is 0 Å². The van der Waals surface area contributed by atoms with E-state index in [2.05, 4.69) is 4.98 Å². The molecule has 0 bridgehead atoms. The average Bonchev–Trinajstić information content (AvgIpc) is 2.04. The summed E-state index contributed by atoms with van der Waals surface area (Å²) in [6.45, 7) is 0. The van der Waals surface area contributed by atoms with Crippen molar-refractivity contribution in [2.75, 3.05) is 19.0 Å². The molecule has 0 aromatic carbocycles. The Morgan fingerprint density at radius 1 is 1.43 bits per heavy atom. The van der Waals surface area contributed by atoms with Gasteiger partial charge in [0.2, 0.25) is 0 Å². The standard InChI is InChI=1S/C8H10N2O2.2ClH/c1-10(2)6-4-3-5-9-7(6)8(11)12;;/h3-5H,1-2H3,(H,11,12);2*1H. The number of hydrogen-bond acceptors (Lipinski definition) is 3. The predicted octanol–water partition coefficient (Wildman–Crippen LogP) is 1.69. The van der Waals surface area contributed by atoms with Gasteiger partial charge in [0, 0.05) is 20.3 Å². The number of pyridine rings is 1. The first-order valence-electron chi connectivity index (χ1n) is 3.48. The van der Waals surface area contributed by atoms with Crippen molar-refractivity contribution in [3.8, 4) is 0 Å². The average molecular weight is 239 g/mol. The minimum atomic E-state index is -1.00. The van der Waals surface area contributed by atoms with E-state index in [0.29, 0.717) is 5.69 Å². The molecule has 1 heterocycles. The third-order valence-corrected chi connectivity index (χ3v) is 1.47. The molecule has 0 spiro atoms. The van der Waals surface area contributed by atoms with Crippen LogP contribution in [0.4, 0.5) is 5.69 Å². The van der Waals surface area contributed by atoms with Crippen LogP contribution in [-0.2, 0) is 0 Å². The maximum absolute atomic E-state index is 10.6. The van der Waals surface area contributed by atoms with Gasteiger partial charge in [-0.2, -0.15) is 0 Å². The van der Waals surface area contributed by atoms with E-state index in [-0.39, 0.29) is 30.5 Å². The van der Waals surface area contributed by atoms with Crippen molar-refractivity contribution in [3.63, 3.8) is 0 Å². The quantitative estimate of drug-likeness (QED) is 0.853. The van der Waals surface area contributed by atoms with Crippen LogP contribution in [0.2, 0.25) is 0 Å². The van der Waals surface area contributed by atoms with Gasteiger partial charge in [0.05, 0.1) is 5.69 Å². The second-order valence-corrected chi connectivity index (χ2v) is 2.57. The first-order chi connectivity index (χ1) is 5.63. The van der Waals surface area contributed by atoms with Gasteiger partial charge in [-0.05, 0) is 12.1 Å². The van der Waals surface area contributed by atoms with E-state index in [0.717, 1.165) is 0 Å². The SMILES string of the molecule is CN(C)c1cccnc1C(=O)O.Cl.Cl. The minimum absolute atomic E-state index is 0. The minimum Gasteiger partial charge on any atom is -0.476 e. The zero-order valence-electron chi connectivity index (χ0n) is 7.80. The second kappa shape index (κ2) is 6.45. The Balaban J connectivity index is 0. The number of hydrogen-bond donors (Lipinski definition) is 1. The van der Waals surface area contributed by atoms with Crippen LogP contribution in [0.5, 0.6) is 0 Å². The van der Waals surface area contributed by atoms with Crippen LogP contribution >= 0.6 is 24.8 Å². The number of carboxylic acid groups (broad SMARTS) is 1. The highest BCUT2D eigenvalue weighted by molar-refractivity contribution is 5.91. The number of aromatic nitrogens is 1. The summed E-state index contributed by atoms with van der Waals surface area (Å²) < 4.78 is 0. The molecule has 6 heteroatoms. The highest BCUT2D eigenvalue weighted by atomic mass is 35.5. The molecule has 4 nitrogen and oxygen atoms in total. The number of halogens is 2. The van der Waals surface area contributed by atoms with Gasteiger partial charge in [0.1, 0.15) is 0 Å². The lowest BCUT2D eigenvalue weighted by atomic mass is 10.3. The van der Waals surface area contributed by atoms with Crippen molar-refractivity contribution < 1.29 is 9.90 Å². The maximum atomic E-state index is 10.6. The molecule has 0 saturated carbocycles. The molecule has 0 fully saturated rings.